The standard InChI is InChI=1S/C14H21NO2/c1-4-7-11-9-6-10-12(14(11)17-3)15-13(16)8-5-2/h6,9-10H,4-5,7-8H2,1-3H3,(H,15,16). The van der Waals surface area contributed by atoms with Gasteiger partial charge in [0.25, 0.3) is 0 Å². The molecule has 0 heterocycles. The minimum atomic E-state index is 0.0412. The summed E-state index contributed by atoms with van der Waals surface area (Å²) in [4.78, 5) is 11.6. The summed E-state index contributed by atoms with van der Waals surface area (Å²) < 4.78 is 5.39. The predicted molar refractivity (Wildman–Crippen MR) is 70.5 cm³/mol. The van der Waals surface area contributed by atoms with Crippen molar-refractivity contribution in [1.29, 1.82) is 0 Å². The highest BCUT2D eigenvalue weighted by molar-refractivity contribution is 5.92. The molecule has 94 valence electrons. The van der Waals surface area contributed by atoms with E-state index in [2.05, 4.69) is 12.2 Å². The number of hydrogen-bond acceptors (Lipinski definition) is 2. The quantitative estimate of drug-likeness (QED) is 0.820. The molecule has 1 amide bonds. The van der Waals surface area contributed by atoms with Gasteiger partial charge in [0.05, 0.1) is 12.8 Å². The van der Waals surface area contributed by atoms with Gasteiger partial charge in [-0.15, -0.1) is 0 Å². The molecule has 1 rings (SSSR count). The van der Waals surface area contributed by atoms with E-state index < -0.39 is 0 Å². The highest BCUT2D eigenvalue weighted by atomic mass is 16.5. The van der Waals surface area contributed by atoms with Crippen molar-refractivity contribution in [1.82, 2.24) is 0 Å². The highest BCUT2D eigenvalue weighted by Gasteiger charge is 2.10. The minimum Gasteiger partial charge on any atom is -0.494 e. The zero-order chi connectivity index (χ0) is 12.7. The van der Waals surface area contributed by atoms with Crippen molar-refractivity contribution in [2.45, 2.75) is 39.5 Å². The van der Waals surface area contributed by atoms with Gasteiger partial charge in [0, 0.05) is 6.42 Å². The molecule has 0 aliphatic carbocycles. The first kappa shape index (κ1) is 13.6. The smallest absolute Gasteiger partial charge is 0.224 e. The number of carbonyl (C=O) groups excluding carboxylic acids is 1. The lowest BCUT2D eigenvalue weighted by Crippen LogP contribution is -2.12. The topological polar surface area (TPSA) is 38.3 Å². The summed E-state index contributed by atoms with van der Waals surface area (Å²) in [6.07, 6.45) is 3.41. The Morgan fingerprint density at radius 1 is 1.29 bits per heavy atom. The summed E-state index contributed by atoms with van der Waals surface area (Å²) in [5, 5.41) is 2.90. The van der Waals surface area contributed by atoms with Crippen molar-refractivity contribution in [3.63, 3.8) is 0 Å². The third kappa shape index (κ3) is 3.77. The van der Waals surface area contributed by atoms with Crippen LogP contribution in [0.5, 0.6) is 5.75 Å². The van der Waals surface area contributed by atoms with E-state index in [1.54, 1.807) is 7.11 Å². The van der Waals surface area contributed by atoms with Gasteiger partial charge >= 0.3 is 0 Å². The number of carbonyl (C=O) groups is 1. The van der Waals surface area contributed by atoms with Crippen LogP contribution in [-0.2, 0) is 11.2 Å². The summed E-state index contributed by atoms with van der Waals surface area (Å²) in [6.45, 7) is 4.12. The first-order chi connectivity index (χ1) is 8.22. The Balaban J connectivity index is 2.90. The molecule has 0 saturated heterocycles. The molecule has 0 bridgehead atoms. The van der Waals surface area contributed by atoms with Gasteiger partial charge in [-0.3, -0.25) is 4.79 Å². The van der Waals surface area contributed by atoms with E-state index in [1.807, 2.05) is 25.1 Å². The number of para-hydroxylation sites is 1. The molecular weight excluding hydrogens is 214 g/mol. The van der Waals surface area contributed by atoms with Crippen molar-refractivity contribution >= 4 is 11.6 Å². The Morgan fingerprint density at radius 2 is 2.06 bits per heavy atom. The van der Waals surface area contributed by atoms with Crippen LogP contribution in [0.3, 0.4) is 0 Å². The average Bonchev–Trinajstić information content (AvgIpc) is 2.30. The predicted octanol–water partition coefficient (Wildman–Crippen LogP) is 3.39. The number of nitrogens with one attached hydrogen (secondary N) is 1. The van der Waals surface area contributed by atoms with Crippen LogP contribution >= 0.6 is 0 Å². The fourth-order valence-electron chi connectivity index (χ4n) is 1.83. The number of hydrogen-bond donors (Lipinski definition) is 1. The molecule has 1 aromatic carbocycles. The Kier molecular flexibility index (Phi) is 5.53. The maximum atomic E-state index is 11.6. The Bertz CT molecular complexity index is 374. The van der Waals surface area contributed by atoms with Gasteiger partial charge < -0.3 is 10.1 Å². The van der Waals surface area contributed by atoms with Crippen LogP contribution in [0.1, 0.15) is 38.7 Å². The summed E-state index contributed by atoms with van der Waals surface area (Å²) in [7, 11) is 1.64. The molecule has 0 aliphatic rings. The molecule has 0 aromatic heterocycles. The lowest BCUT2D eigenvalue weighted by atomic mass is 10.1. The van der Waals surface area contributed by atoms with Crippen LogP contribution in [0.15, 0.2) is 18.2 Å². The average molecular weight is 235 g/mol. The van der Waals surface area contributed by atoms with E-state index >= 15 is 0 Å². The van der Waals surface area contributed by atoms with E-state index in [0.717, 1.165) is 36.3 Å². The van der Waals surface area contributed by atoms with E-state index in [1.165, 1.54) is 0 Å². The summed E-state index contributed by atoms with van der Waals surface area (Å²) in [6, 6.07) is 5.87. The maximum Gasteiger partial charge on any atom is 0.224 e. The van der Waals surface area contributed by atoms with Gasteiger partial charge in [0.15, 0.2) is 0 Å². The van der Waals surface area contributed by atoms with Crippen molar-refractivity contribution in [2.24, 2.45) is 0 Å². The number of benzene rings is 1. The lowest BCUT2D eigenvalue weighted by Gasteiger charge is -2.13. The number of amides is 1. The lowest BCUT2D eigenvalue weighted by molar-refractivity contribution is -0.116. The van der Waals surface area contributed by atoms with Crippen LogP contribution in [0.25, 0.3) is 0 Å². The molecule has 1 aromatic rings. The maximum absolute atomic E-state index is 11.6. The molecule has 0 fully saturated rings. The molecule has 0 atom stereocenters. The zero-order valence-corrected chi connectivity index (χ0v) is 10.9. The van der Waals surface area contributed by atoms with E-state index in [9.17, 15) is 4.79 Å². The normalized spacial score (nSPS) is 10.1. The Morgan fingerprint density at radius 3 is 2.65 bits per heavy atom. The van der Waals surface area contributed by atoms with E-state index in [4.69, 9.17) is 4.74 Å². The summed E-state index contributed by atoms with van der Waals surface area (Å²) >= 11 is 0. The third-order valence-electron chi connectivity index (χ3n) is 2.57. The van der Waals surface area contributed by atoms with Crippen LogP contribution in [0, 0.1) is 0 Å². The van der Waals surface area contributed by atoms with Crippen molar-refractivity contribution < 1.29 is 9.53 Å². The van der Waals surface area contributed by atoms with Crippen LogP contribution in [0.4, 0.5) is 5.69 Å². The second-order valence-electron chi connectivity index (χ2n) is 4.05. The first-order valence-electron chi connectivity index (χ1n) is 6.18. The largest absolute Gasteiger partial charge is 0.494 e. The number of rotatable bonds is 6. The van der Waals surface area contributed by atoms with Crippen molar-refractivity contribution in [3.05, 3.63) is 23.8 Å². The van der Waals surface area contributed by atoms with Crippen LogP contribution in [0.2, 0.25) is 0 Å². The van der Waals surface area contributed by atoms with Gasteiger partial charge in [0.2, 0.25) is 5.91 Å². The van der Waals surface area contributed by atoms with E-state index in [0.29, 0.717) is 6.42 Å². The van der Waals surface area contributed by atoms with Gasteiger partial charge in [-0.1, -0.05) is 32.4 Å². The SMILES string of the molecule is CCCC(=O)Nc1cccc(CCC)c1OC. The first-order valence-corrected chi connectivity index (χ1v) is 6.18. The molecule has 1 N–H and O–H groups in total. The van der Waals surface area contributed by atoms with E-state index in [-0.39, 0.29) is 5.91 Å². The van der Waals surface area contributed by atoms with Crippen molar-refractivity contribution in [2.75, 3.05) is 12.4 Å². The molecule has 0 saturated carbocycles. The van der Waals surface area contributed by atoms with Crippen LogP contribution < -0.4 is 10.1 Å². The van der Waals surface area contributed by atoms with Crippen molar-refractivity contribution in [3.8, 4) is 5.75 Å². The molecule has 0 unspecified atom stereocenters. The number of anilines is 1. The minimum absolute atomic E-state index is 0.0412. The van der Waals surface area contributed by atoms with Gasteiger partial charge in [-0.2, -0.15) is 0 Å². The second-order valence-corrected chi connectivity index (χ2v) is 4.05. The highest BCUT2D eigenvalue weighted by Crippen LogP contribution is 2.29. The molecule has 0 radical (unpaired) electrons. The monoisotopic (exact) mass is 235 g/mol. The van der Waals surface area contributed by atoms with Gasteiger partial charge in [0.1, 0.15) is 5.75 Å². The van der Waals surface area contributed by atoms with Gasteiger partial charge in [-0.05, 0) is 24.5 Å². The zero-order valence-electron chi connectivity index (χ0n) is 10.9. The number of methoxy groups -OCH3 is 1. The molecule has 17 heavy (non-hydrogen) atoms. The Labute approximate surface area is 103 Å². The number of aryl methyl sites for hydroxylation is 1. The molecule has 3 nitrogen and oxygen atoms in total. The molecule has 3 heteroatoms. The molecule has 0 aliphatic heterocycles. The molecule has 0 spiro atoms. The van der Waals surface area contributed by atoms with Gasteiger partial charge in [-0.25, -0.2) is 0 Å². The van der Waals surface area contributed by atoms with Crippen LogP contribution in [-0.4, -0.2) is 13.0 Å². The fourth-order valence-corrected chi connectivity index (χ4v) is 1.83. The second kappa shape index (κ2) is 6.94. The Hall–Kier alpha value is -1.51. The third-order valence-corrected chi connectivity index (χ3v) is 2.57. The summed E-state index contributed by atoms with van der Waals surface area (Å²) in [5.74, 6) is 0.832. The molecular formula is C14H21NO2. The number of ether oxygens (including phenoxy) is 1. The fraction of sp³-hybridized carbons (Fsp3) is 0.500. The summed E-state index contributed by atoms with van der Waals surface area (Å²) in [5.41, 5.74) is 1.92.